The van der Waals surface area contributed by atoms with Gasteiger partial charge in [0.05, 0.1) is 20.3 Å². The van der Waals surface area contributed by atoms with E-state index in [1.807, 2.05) is 30.0 Å². The zero-order valence-corrected chi connectivity index (χ0v) is 15.7. The predicted molar refractivity (Wildman–Crippen MR) is 100 cm³/mol. The predicted octanol–water partition coefficient (Wildman–Crippen LogP) is 1.59. The summed E-state index contributed by atoms with van der Waals surface area (Å²) >= 11 is 0. The molecule has 0 bridgehead atoms. The summed E-state index contributed by atoms with van der Waals surface area (Å²) in [5.74, 6) is 2.15. The van der Waals surface area contributed by atoms with E-state index in [1.165, 1.54) is 6.92 Å². The lowest BCUT2D eigenvalue weighted by Crippen LogP contribution is -2.36. The van der Waals surface area contributed by atoms with Gasteiger partial charge in [-0.2, -0.15) is 0 Å². The summed E-state index contributed by atoms with van der Waals surface area (Å²) in [6.07, 6.45) is -0.619. The molecule has 3 rings (SSSR count). The summed E-state index contributed by atoms with van der Waals surface area (Å²) in [6, 6.07) is 5.70. The molecule has 2 heterocycles. The number of hydrogen-bond acceptors (Lipinski definition) is 6. The largest absolute Gasteiger partial charge is 0.496 e. The Kier molecular flexibility index (Phi) is 5.18. The molecule has 140 valence electrons. The monoisotopic (exact) mass is 359 g/mol. The molecule has 1 N–H and O–H groups in total. The van der Waals surface area contributed by atoms with Crippen LogP contribution >= 0.6 is 0 Å². The van der Waals surface area contributed by atoms with Crippen LogP contribution in [0.15, 0.2) is 18.2 Å². The van der Waals surface area contributed by atoms with Gasteiger partial charge in [0.2, 0.25) is 5.91 Å². The molecule has 26 heavy (non-hydrogen) atoms. The molecule has 1 aromatic heterocycles. The zero-order valence-electron chi connectivity index (χ0n) is 15.7. The second kappa shape index (κ2) is 7.37. The van der Waals surface area contributed by atoms with Crippen molar-refractivity contribution in [2.24, 2.45) is 0 Å². The Balaban J connectivity index is 2.04. The maximum atomic E-state index is 11.7. The van der Waals surface area contributed by atoms with Crippen molar-refractivity contribution in [3.05, 3.63) is 23.8 Å². The first kappa shape index (κ1) is 18.3. The van der Waals surface area contributed by atoms with Gasteiger partial charge in [0, 0.05) is 38.5 Å². The van der Waals surface area contributed by atoms with Crippen molar-refractivity contribution in [1.82, 2.24) is 9.88 Å². The van der Waals surface area contributed by atoms with Crippen molar-refractivity contribution >= 4 is 22.6 Å². The van der Waals surface area contributed by atoms with E-state index in [-0.39, 0.29) is 5.91 Å². The molecule has 1 aliphatic rings. The Morgan fingerprint density at radius 2 is 1.88 bits per heavy atom. The van der Waals surface area contributed by atoms with Crippen LogP contribution in [0.3, 0.4) is 0 Å². The molecule has 1 aromatic carbocycles. The number of anilines is 1. The topological polar surface area (TPSA) is 75.1 Å². The third kappa shape index (κ3) is 3.39. The molecule has 0 radical (unpaired) electrons. The average molecular weight is 359 g/mol. The molecule has 1 fully saturated rings. The highest BCUT2D eigenvalue weighted by atomic mass is 16.5. The van der Waals surface area contributed by atoms with E-state index in [0.717, 1.165) is 28.0 Å². The number of methoxy groups -OCH3 is 2. The first-order valence-electron chi connectivity index (χ1n) is 8.65. The van der Waals surface area contributed by atoms with Gasteiger partial charge in [0.1, 0.15) is 22.8 Å². The van der Waals surface area contributed by atoms with Crippen LogP contribution in [0.4, 0.5) is 5.82 Å². The van der Waals surface area contributed by atoms with Crippen molar-refractivity contribution in [2.45, 2.75) is 20.0 Å². The molecule has 0 aliphatic carbocycles. The van der Waals surface area contributed by atoms with Crippen LogP contribution in [-0.2, 0) is 4.79 Å². The minimum absolute atomic E-state index is 0.0278. The summed E-state index contributed by atoms with van der Waals surface area (Å²) in [7, 11) is 3.25. The number of aliphatic hydroxyl groups is 1. The number of fused-ring (bicyclic) bond motifs is 1. The Morgan fingerprint density at radius 1 is 1.19 bits per heavy atom. The highest BCUT2D eigenvalue weighted by Gasteiger charge is 2.24. The number of rotatable bonds is 3. The van der Waals surface area contributed by atoms with E-state index in [1.54, 1.807) is 19.1 Å². The lowest BCUT2D eigenvalue weighted by atomic mass is 10.1. The minimum Gasteiger partial charge on any atom is -0.496 e. The van der Waals surface area contributed by atoms with Gasteiger partial charge in [0.25, 0.3) is 0 Å². The molecule has 1 amide bonds. The summed E-state index contributed by atoms with van der Waals surface area (Å²) < 4.78 is 11.0. The standard InChI is InChI=1S/C19H25N3O4/c1-12-9-17(22-8-7-21(13(2)23)10-14(24)11-22)20-19-16(26-4)6-5-15(25-3)18(12)19/h5-6,9,14,24H,7-8,10-11H2,1-4H3. The highest BCUT2D eigenvalue weighted by molar-refractivity contribution is 5.94. The molecule has 1 aliphatic heterocycles. The fourth-order valence-corrected chi connectivity index (χ4v) is 3.44. The minimum atomic E-state index is -0.619. The molecule has 1 atom stereocenters. The van der Waals surface area contributed by atoms with Gasteiger partial charge < -0.3 is 24.4 Å². The number of carbonyl (C=O) groups is 1. The number of aromatic nitrogens is 1. The quantitative estimate of drug-likeness (QED) is 0.897. The molecule has 2 aromatic rings. The fraction of sp³-hybridized carbons (Fsp3) is 0.474. The Morgan fingerprint density at radius 3 is 2.54 bits per heavy atom. The molecular weight excluding hydrogens is 334 g/mol. The number of benzene rings is 1. The van der Waals surface area contributed by atoms with Gasteiger partial charge in [-0.25, -0.2) is 4.98 Å². The number of carbonyl (C=O) groups excluding carboxylic acids is 1. The van der Waals surface area contributed by atoms with E-state index >= 15 is 0 Å². The summed E-state index contributed by atoms with van der Waals surface area (Å²) in [4.78, 5) is 20.1. The van der Waals surface area contributed by atoms with Crippen LogP contribution in [0.5, 0.6) is 11.5 Å². The number of ether oxygens (including phenoxy) is 2. The van der Waals surface area contributed by atoms with E-state index < -0.39 is 6.10 Å². The van der Waals surface area contributed by atoms with Crippen LogP contribution in [0.2, 0.25) is 0 Å². The molecule has 0 saturated carbocycles. The third-order valence-corrected chi connectivity index (χ3v) is 4.78. The van der Waals surface area contributed by atoms with E-state index in [0.29, 0.717) is 31.9 Å². The molecule has 1 saturated heterocycles. The first-order chi connectivity index (χ1) is 12.4. The van der Waals surface area contributed by atoms with Crippen LogP contribution in [-0.4, -0.2) is 67.4 Å². The smallest absolute Gasteiger partial charge is 0.219 e. The average Bonchev–Trinajstić information content (AvgIpc) is 2.82. The normalized spacial score (nSPS) is 18.0. The molecule has 0 spiro atoms. The van der Waals surface area contributed by atoms with E-state index in [9.17, 15) is 9.90 Å². The van der Waals surface area contributed by atoms with E-state index in [2.05, 4.69) is 0 Å². The maximum Gasteiger partial charge on any atom is 0.219 e. The number of amides is 1. The van der Waals surface area contributed by atoms with Gasteiger partial charge in [-0.15, -0.1) is 0 Å². The maximum absolute atomic E-state index is 11.7. The van der Waals surface area contributed by atoms with Gasteiger partial charge in [0.15, 0.2) is 0 Å². The van der Waals surface area contributed by atoms with E-state index in [4.69, 9.17) is 14.5 Å². The van der Waals surface area contributed by atoms with Crippen LogP contribution in [0.25, 0.3) is 10.9 Å². The highest BCUT2D eigenvalue weighted by Crippen LogP contribution is 2.36. The van der Waals surface area contributed by atoms with Gasteiger partial charge in [-0.1, -0.05) is 0 Å². The fourth-order valence-electron chi connectivity index (χ4n) is 3.44. The van der Waals surface area contributed by atoms with Crippen LogP contribution in [0, 0.1) is 6.92 Å². The van der Waals surface area contributed by atoms with Gasteiger partial charge >= 0.3 is 0 Å². The summed E-state index contributed by atoms with van der Waals surface area (Å²) in [5, 5.41) is 11.2. The summed E-state index contributed by atoms with van der Waals surface area (Å²) in [5.41, 5.74) is 1.74. The second-order valence-corrected chi connectivity index (χ2v) is 6.56. The Labute approximate surface area is 153 Å². The SMILES string of the molecule is COc1ccc(OC)c2c(C)cc(N3CCN(C(C)=O)CC(O)C3)nc12. The number of nitrogens with zero attached hydrogens (tertiary/aromatic N) is 3. The first-order valence-corrected chi connectivity index (χ1v) is 8.65. The summed E-state index contributed by atoms with van der Waals surface area (Å²) in [6.45, 7) is 5.47. The third-order valence-electron chi connectivity index (χ3n) is 4.78. The molecule has 7 nitrogen and oxygen atoms in total. The van der Waals surface area contributed by atoms with Gasteiger partial charge in [-0.3, -0.25) is 4.79 Å². The molecule has 1 unspecified atom stereocenters. The number of hydrogen-bond donors (Lipinski definition) is 1. The Hall–Kier alpha value is -2.54. The van der Waals surface area contributed by atoms with Crippen molar-refractivity contribution in [3.8, 4) is 11.5 Å². The second-order valence-electron chi connectivity index (χ2n) is 6.56. The zero-order chi connectivity index (χ0) is 18.8. The van der Waals surface area contributed by atoms with Crippen molar-refractivity contribution in [3.63, 3.8) is 0 Å². The lowest BCUT2D eigenvalue weighted by molar-refractivity contribution is -0.129. The van der Waals surface area contributed by atoms with Crippen molar-refractivity contribution in [1.29, 1.82) is 0 Å². The number of aliphatic hydroxyl groups excluding tert-OH is 1. The van der Waals surface area contributed by atoms with Crippen LogP contribution in [0.1, 0.15) is 12.5 Å². The number of aryl methyl sites for hydroxylation is 1. The lowest BCUT2D eigenvalue weighted by Gasteiger charge is -2.24. The molecular formula is C19H25N3O4. The van der Waals surface area contributed by atoms with Crippen molar-refractivity contribution in [2.75, 3.05) is 45.3 Å². The number of β-amino-alcohol motifs (C(OH)–C–C–N with tert-alkyl or cyclic N) is 1. The number of pyridine rings is 1. The van der Waals surface area contributed by atoms with Crippen molar-refractivity contribution < 1.29 is 19.4 Å². The van der Waals surface area contributed by atoms with Gasteiger partial charge in [-0.05, 0) is 30.7 Å². The molecule has 7 heteroatoms. The Bertz CT molecular complexity index is 824. The van der Waals surface area contributed by atoms with Crippen LogP contribution < -0.4 is 14.4 Å².